The third kappa shape index (κ3) is 14.4. The molecule has 0 aromatic rings. The summed E-state index contributed by atoms with van der Waals surface area (Å²) in [5, 5.41) is 0. The Bertz CT molecular complexity index is 677. The van der Waals surface area contributed by atoms with Crippen LogP contribution in [0.2, 0.25) is 0 Å². The van der Waals surface area contributed by atoms with Crippen LogP contribution in [0, 0.1) is 0 Å². The van der Waals surface area contributed by atoms with E-state index >= 15 is 0 Å². The lowest BCUT2D eigenvalue weighted by Gasteiger charge is -2.03. The summed E-state index contributed by atoms with van der Waals surface area (Å²) in [6.45, 7) is 17.8. The first-order valence-corrected chi connectivity index (χ1v) is 12.5. The van der Waals surface area contributed by atoms with Crippen LogP contribution in [-0.2, 0) is 4.74 Å². The van der Waals surface area contributed by atoms with Crippen LogP contribution in [-0.4, -0.2) is 11.7 Å². The van der Waals surface area contributed by atoms with Crippen LogP contribution in [0.1, 0.15) is 120 Å². The maximum absolute atomic E-state index is 5.68. The van der Waals surface area contributed by atoms with Gasteiger partial charge in [0.25, 0.3) is 0 Å². The van der Waals surface area contributed by atoms with Gasteiger partial charge in [-0.05, 0) is 120 Å². The molecular weight excluding hydrogens is 376 g/mol. The van der Waals surface area contributed by atoms with Crippen molar-refractivity contribution >= 4 is 0 Å². The number of ether oxygens (including phenoxy) is 1. The van der Waals surface area contributed by atoms with Crippen molar-refractivity contribution in [1.29, 1.82) is 0 Å². The van der Waals surface area contributed by atoms with Crippen molar-refractivity contribution in [3.8, 4) is 0 Å². The molecule has 0 N–H and O–H groups in total. The van der Waals surface area contributed by atoms with Gasteiger partial charge in [-0.1, -0.05) is 58.2 Å². The zero-order chi connectivity index (χ0) is 23.3. The van der Waals surface area contributed by atoms with Crippen molar-refractivity contribution in [2.45, 2.75) is 131 Å². The molecular formula is C30H50O. The summed E-state index contributed by atoms with van der Waals surface area (Å²) in [4.78, 5) is 0. The Morgan fingerprint density at radius 3 is 1.32 bits per heavy atom. The van der Waals surface area contributed by atoms with Gasteiger partial charge in [0.2, 0.25) is 0 Å². The summed E-state index contributed by atoms with van der Waals surface area (Å²) in [7, 11) is 0. The van der Waals surface area contributed by atoms with Gasteiger partial charge in [-0.15, -0.1) is 0 Å². The van der Waals surface area contributed by atoms with Crippen LogP contribution in [0.4, 0.5) is 0 Å². The molecule has 0 bridgehead atoms. The Hall–Kier alpha value is -1.34. The highest BCUT2D eigenvalue weighted by Crippen LogP contribution is 2.38. The SMILES string of the molecule is CC(C)=CCC/C(C)=C\CC/C(C)=C/CCC=C(C)CCC=C(C)CC[C@@H]1OC1(C)C. The number of hydrogen-bond acceptors (Lipinski definition) is 1. The minimum absolute atomic E-state index is 0.132. The van der Waals surface area contributed by atoms with E-state index in [-0.39, 0.29) is 5.60 Å². The number of unbranched alkanes of at least 4 members (excludes halogenated alkanes) is 1. The minimum Gasteiger partial charge on any atom is -0.367 e. The summed E-state index contributed by atoms with van der Waals surface area (Å²) in [5.41, 5.74) is 7.65. The molecule has 0 radical (unpaired) electrons. The quantitative estimate of drug-likeness (QED) is 0.144. The molecule has 1 aliphatic rings. The zero-order valence-corrected chi connectivity index (χ0v) is 21.9. The van der Waals surface area contributed by atoms with Crippen molar-refractivity contribution in [3.63, 3.8) is 0 Å². The third-order valence-corrected chi connectivity index (χ3v) is 6.27. The molecule has 0 amide bonds. The van der Waals surface area contributed by atoms with Crippen molar-refractivity contribution in [2.24, 2.45) is 0 Å². The fourth-order valence-corrected chi connectivity index (χ4v) is 3.85. The van der Waals surface area contributed by atoms with Gasteiger partial charge in [0, 0.05) is 0 Å². The highest BCUT2D eigenvalue weighted by molar-refractivity contribution is 5.08. The molecule has 1 aliphatic heterocycles. The first-order chi connectivity index (χ1) is 14.6. The summed E-state index contributed by atoms with van der Waals surface area (Å²) in [5.74, 6) is 0. The Kier molecular flexibility index (Phi) is 13.1. The highest BCUT2D eigenvalue weighted by Gasteiger charge is 2.46. The van der Waals surface area contributed by atoms with E-state index in [1.54, 1.807) is 0 Å². The molecule has 1 saturated heterocycles. The summed E-state index contributed by atoms with van der Waals surface area (Å²) in [6, 6.07) is 0. The van der Waals surface area contributed by atoms with Crippen LogP contribution in [0.15, 0.2) is 58.2 Å². The second kappa shape index (κ2) is 14.7. The van der Waals surface area contributed by atoms with Gasteiger partial charge in [-0.3, -0.25) is 0 Å². The van der Waals surface area contributed by atoms with E-state index in [1.165, 1.54) is 79.2 Å². The summed E-state index contributed by atoms with van der Waals surface area (Å²) < 4.78 is 5.68. The molecule has 1 heterocycles. The molecule has 1 rings (SSSR count). The lowest BCUT2D eigenvalue weighted by atomic mass is 10.0. The van der Waals surface area contributed by atoms with E-state index in [2.05, 4.69) is 85.8 Å². The molecule has 0 saturated carbocycles. The second-order valence-electron chi connectivity index (χ2n) is 10.4. The molecule has 1 nitrogen and oxygen atoms in total. The van der Waals surface area contributed by atoms with Crippen LogP contribution >= 0.6 is 0 Å². The van der Waals surface area contributed by atoms with Gasteiger partial charge < -0.3 is 4.74 Å². The van der Waals surface area contributed by atoms with E-state index in [1.807, 2.05) is 0 Å². The molecule has 1 fully saturated rings. The standard InChI is InChI=1S/C30H50O/c1-24(2)14-11-17-27(5)20-12-18-25(3)15-9-10-16-26(4)19-13-21-28(6)22-23-29-30(7,8)31-29/h14-16,20-21,29H,9-13,17-19,22-23H2,1-8H3/b25-15+,26-16?,27-20-,28-21?/t29-/m0/s1. The van der Waals surface area contributed by atoms with Crippen molar-refractivity contribution in [2.75, 3.05) is 0 Å². The first kappa shape index (κ1) is 27.7. The maximum atomic E-state index is 5.68. The third-order valence-electron chi connectivity index (χ3n) is 6.27. The van der Waals surface area contributed by atoms with E-state index in [9.17, 15) is 0 Å². The topological polar surface area (TPSA) is 12.5 Å². The van der Waals surface area contributed by atoms with Crippen molar-refractivity contribution in [1.82, 2.24) is 0 Å². The lowest BCUT2D eigenvalue weighted by Crippen LogP contribution is -2.02. The Morgan fingerprint density at radius 1 is 0.581 bits per heavy atom. The van der Waals surface area contributed by atoms with Crippen LogP contribution in [0.3, 0.4) is 0 Å². The second-order valence-corrected chi connectivity index (χ2v) is 10.4. The molecule has 0 unspecified atom stereocenters. The fourth-order valence-electron chi connectivity index (χ4n) is 3.85. The number of allylic oxidation sites excluding steroid dienone is 10. The Balaban J connectivity index is 2.15. The van der Waals surface area contributed by atoms with Gasteiger partial charge in [0.15, 0.2) is 0 Å². The summed E-state index contributed by atoms with van der Waals surface area (Å²) in [6.07, 6.45) is 24.3. The molecule has 0 aliphatic carbocycles. The van der Waals surface area contributed by atoms with Crippen LogP contribution in [0.5, 0.6) is 0 Å². The number of rotatable bonds is 15. The zero-order valence-electron chi connectivity index (χ0n) is 21.9. The van der Waals surface area contributed by atoms with Gasteiger partial charge in [-0.25, -0.2) is 0 Å². The lowest BCUT2D eigenvalue weighted by molar-refractivity contribution is 0.320. The largest absolute Gasteiger partial charge is 0.367 e. The predicted molar refractivity (Wildman–Crippen MR) is 140 cm³/mol. The molecule has 31 heavy (non-hydrogen) atoms. The molecule has 1 heteroatoms. The highest BCUT2D eigenvalue weighted by atomic mass is 16.6. The van der Waals surface area contributed by atoms with E-state index < -0.39 is 0 Å². The maximum Gasteiger partial charge on any atom is 0.0892 e. The van der Waals surface area contributed by atoms with Gasteiger partial charge >= 0.3 is 0 Å². The van der Waals surface area contributed by atoms with Crippen molar-refractivity contribution < 1.29 is 4.74 Å². The molecule has 1 atom stereocenters. The summed E-state index contributed by atoms with van der Waals surface area (Å²) >= 11 is 0. The molecule has 0 spiro atoms. The molecule has 0 aromatic heterocycles. The van der Waals surface area contributed by atoms with E-state index in [0.29, 0.717) is 6.10 Å². The van der Waals surface area contributed by atoms with Gasteiger partial charge in [-0.2, -0.15) is 0 Å². The average molecular weight is 427 g/mol. The minimum atomic E-state index is 0.132. The van der Waals surface area contributed by atoms with Crippen LogP contribution in [0.25, 0.3) is 0 Å². The van der Waals surface area contributed by atoms with E-state index in [0.717, 1.165) is 12.8 Å². The first-order valence-electron chi connectivity index (χ1n) is 12.5. The Morgan fingerprint density at radius 2 is 0.935 bits per heavy atom. The Labute approximate surface area is 194 Å². The number of hydrogen-bond donors (Lipinski definition) is 0. The fraction of sp³-hybridized carbons (Fsp3) is 0.667. The number of epoxide rings is 1. The monoisotopic (exact) mass is 426 g/mol. The van der Waals surface area contributed by atoms with Crippen molar-refractivity contribution in [3.05, 3.63) is 58.2 Å². The molecule has 176 valence electrons. The smallest absolute Gasteiger partial charge is 0.0892 e. The normalized spacial score (nSPS) is 19.5. The molecule has 0 aromatic carbocycles. The van der Waals surface area contributed by atoms with Gasteiger partial charge in [0.1, 0.15) is 0 Å². The van der Waals surface area contributed by atoms with Gasteiger partial charge in [0.05, 0.1) is 11.7 Å². The average Bonchev–Trinajstić information content (AvgIpc) is 3.30. The predicted octanol–water partition coefficient (Wildman–Crippen LogP) is 9.82. The van der Waals surface area contributed by atoms with Crippen LogP contribution < -0.4 is 0 Å². The van der Waals surface area contributed by atoms with E-state index in [4.69, 9.17) is 4.74 Å².